The van der Waals surface area contributed by atoms with Gasteiger partial charge in [-0.3, -0.25) is 0 Å². The van der Waals surface area contributed by atoms with Gasteiger partial charge in [0, 0.05) is 15.6 Å². The molecule has 0 fully saturated rings. The molecule has 0 saturated heterocycles. The van der Waals surface area contributed by atoms with Crippen molar-refractivity contribution in [3.8, 4) is 11.5 Å². The van der Waals surface area contributed by atoms with E-state index in [9.17, 15) is 5.11 Å². The molecule has 0 aliphatic heterocycles. The number of para-hydroxylation sites is 1. The Labute approximate surface area is 127 Å². The number of ether oxygens (including phenoxy) is 2. The van der Waals surface area contributed by atoms with Crippen LogP contribution in [0.4, 0.5) is 0 Å². The van der Waals surface area contributed by atoms with Crippen molar-refractivity contribution in [1.29, 1.82) is 0 Å². The molecule has 2 aromatic rings. The van der Waals surface area contributed by atoms with Gasteiger partial charge in [0.25, 0.3) is 0 Å². The largest absolute Gasteiger partial charge is 0.496 e. The third-order valence-corrected chi connectivity index (χ3v) is 3.49. The molecule has 4 heteroatoms. The molecule has 0 saturated carbocycles. The first-order valence-electron chi connectivity index (χ1n) is 6.40. The van der Waals surface area contributed by atoms with Gasteiger partial charge < -0.3 is 14.6 Å². The van der Waals surface area contributed by atoms with Crippen molar-refractivity contribution in [3.05, 3.63) is 58.1 Å². The predicted octanol–water partition coefficient (Wildman–Crippen LogP) is 3.94. The van der Waals surface area contributed by atoms with Crippen LogP contribution in [0, 0.1) is 0 Å². The first kappa shape index (κ1) is 14.9. The quantitative estimate of drug-likeness (QED) is 0.898. The molecule has 0 heterocycles. The molecule has 3 nitrogen and oxygen atoms in total. The highest BCUT2D eigenvalue weighted by Crippen LogP contribution is 2.36. The third kappa shape index (κ3) is 3.14. The van der Waals surface area contributed by atoms with Crippen molar-refractivity contribution in [1.82, 2.24) is 0 Å². The highest BCUT2D eigenvalue weighted by Gasteiger charge is 2.19. The van der Waals surface area contributed by atoms with Crippen molar-refractivity contribution in [2.75, 3.05) is 13.7 Å². The van der Waals surface area contributed by atoms with E-state index >= 15 is 0 Å². The highest BCUT2D eigenvalue weighted by molar-refractivity contribution is 9.10. The van der Waals surface area contributed by atoms with Crippen LogP contribution in [-0.2, 0) is 0 Å². The first-order chi connectivity index (χ1) is 9.67. The molecule has 1 N–H and O–H groups in total. The van der Waals surface area contributed by atoms with Crippen LogP contribution in [0.3, 0.4) is 0 Å². The number of methoxy groups -OCH3 is 1. The van der Waals surface area contributed by atoms with E-state index in [2.05, 4.69) is 15.9 Å². The van der Waals surface area contributed by atoms with Crippen molar-refractivity contribution < 1.29 is 14.6 Å². The Kier molecular flexibility index (Phi) is 5.04. The van der Waals surface area contributed by atoms with Gasteiger partial charge in [-0.25, -0.2) is 0 Å². The zero-order valence-electron chi connectivity index (χ0n) is 11.5. The van der Waals surface area contributed by atoms with Gasteiger partial charge in [-0.2, -0.15) is 0 Å². The second-order valence-electron chi connectivity index (χ2n) is 4.26. The standard InChI is InChI=1S/C16H17BrO3/c1-3-20-15-9-8-11(17)10-13(15)16(18)12-6-4-5-7-14(12)19-2/h4-10,16,18H,3H2,1-2H3. The summed E-state index contributed by atoms with van der Waals surface area (Å²) in [6.07, 6.45) is -0.801. The van der Waals surface area contributed by atoms with Gasteiger partial charge in [0.2, 0.25) is 0 Å². The maximum absolute atomic E-state index is 10.7. The van der Waals surface area contributed by atoms with E-state index in [0.717, 1.165) is 4.47 Å². The lowest BCUT2D eigenvalue weighted by atomic mass is 10.00. The smallest absolute Gasteiger partial charge is 0.125 e. The molecule has 0 amide bonds. The topological polar surface area (TPSA) is 38.7 Å². The molecule has 1 unspecified atom stereocenters. The number of hydrogen-bond acceptors (Lipinski definition) is 3. The van der Waals surface area contributed by atoms with E-state index in [1.165, 1.54) is 0 Å². The number of aliphatic hydroxyl groups is 1. The molecule has 0 aliphatic rings. The van der Waals surface area contributed by atoms with Crippen molar-refractivity contribution in [3.63, 3.8) is 0 Å². The van der Waals surface area contributed by atoms with E-state index in [4.69, 9.17) is 9.47 Å². The lowest BCUT2D eigenvalue weighted by Crippen LogP contribution is -2.05. The summed E-state index contributed by atoms with van der Waals surface area (Å²) in [7, 11) is 1.59. The lowest BCUT2D eigenvalue weighted by Gasteiger charge is -2.18. The van der Waals surface area contributed by atoms with E-state index in [-0.39, 0.29) is 0 Å². The fourth-order valence-electron chi connectivity index (χ4n) is 2.08. The number of aliphatic hydroxyl groups excluding tert-OH is 1. The molecular weight excluding hydrogens is 320 g/mol. The maximum Gasteiger partial charge on any atom is 0.125 e. The summed E-state index contributed by atoms with van der Waals surface area (Å²) in [5.74, 6) is 1.33. The SMILES string of the molecule is CCOc1ccc(Br)cc1C(O)c1ccccc1OC. The fourth-order valence-corrected chi connectivity index (χ4v) is 2.46. The van der Waals surface area contributed by atoms with E-state index < -0.39 is 6.10 Å². The number of halogens is 1. The average molecular weight is 337 g/mol. The van der Waals surface area contributed by atoms with Crippen molar-refractivity contribution in [2.45, 2.75) is 13.0 Å². The van der Waals surface area contributed by atoms with Gasteiger partial charge in [0.05, 0.1) is 13.7 Å². The average Bonchev–Trinajstić information content (AvgIpc) is 2.48. The van der Waals surface area contributed by atoms with Gasteiger partial charge in [-0.1, -0.05) is 34.1 Å². The van der Waals surface area contributed by atoms with Crippen LogP contribution >= 0.6 is 15.9 Å². The number of rotatable bonds is 5. The summed E-state index contributed by atoms with van der Waals surface area (Å²) in [4.78, 5) is 0. The zero-order valence-corrected chi connectivity index (χ0v) is 13.1. The second-order valence-corrected chi connectivity index (χ2v) is 5.18. The molecular formula is C16H17BrO3. The molecule has 0 spiro atoms. The van der Waals surface area contributed by atoms with Crippen molar-refractivity contribution >= 4 is 15.9 Å². The molecule has 0 aliphatic carbocycles. The van der Waals surface area contributed by atoms with E-state index in [1.54, 1.807) is 7.11 Å². The van der Waals surface area contributed by atoms with E-state index in [1.807, 2.05) is 49.4 Å². The molecule has 0 aromatic heterocycles. The third-order valence-electron chi connectivity index (χ3n) is 3.00. The number of hydrogen-bond donors (Lipinski definition) is 1. The Morgan fingerprint density at radius 1 is 1.10 bits per heavy atom. The summed E-state index contributed by atoms with van der Waals surface area (Å²) in [6, 6.07) is 13.0. The summed E-state index contributed by atoms with van der Waals surface area (Å²) >= 11 is 3.43. The first-order valence-corrected chi connectivity index (χ1v) is 7.20. The van der Waals surface area contributed by atoms with Crippen LogP contribution in [0.5, 0.6) is 11.5 Å². The number of benzene rings is 2. The Balaban J connectivity index is 2.46. The van der Waals surface area contributed by atoms with Crippen LogP contribution in [-0.4, -0.2) is 18.8 Å². The highest BCUT2D eigenvalue weighted by atomic mass is 79.9. The predicted molar refractivity (Wildman–Crippen MR) is 82.4 cm³/mol. The molecule has 2 aromatic carbocycles. The Morgan fingerprint density at radius 3 is 2.55 bits per heavy atom. The van der Waals surface area contributed by atoms with Gasteiger partial charge in [0.1, 0.15) is 17.6 Å². The summed E-state index contributed by atoms with van der Waals surface area (Å²) in [6.45, 7) is 2.47. The molecule has 0 radical (unpaired) electrons. The fraction of sp³-hybridized carbons (Fsp3) is 0.250. The van der Waals surface area contributed by atoms with E-state index in [0.29, 0.717) is 29.2 Å². The Morgan fingerprint density at radius 2 is 1.85 bits per heavy atom. The summed E-state index contributed by atoms with van der Waals surface area (Å²) in [5, 5.41) is 10.7. The lowest BCUT2D eigenvalue weighted by molar-refractivity contribution is 0.207. The normalized spacial score (nSPS) is 12.0. The second kappa shape index (κ2) is 6.77. The molecule has 106 valence electrons. The van der Waals surface area contributed by atoms with Gasteiger partial charge in [-0.15, -0.1) is 0 Å². The van der Waals surface area contributed by atoms with Crippen LogP contribution in [0.1, 0.15) is 24.2 Å². The molecule has 20 heavy (non-hydrogen) atoms. The zero-order chi connectivity index (χ0) is 14.5. The van der Waals surface area contributed by atoms with Gasteiger partial charge in [-0.05, 0) is 31.2 Å². The van der Waals surface area contributed by atoms with Crippen LogP contribution < -0.4 is 9.47 Å². The molecule has 0 bridgehead atoms. The maximum atomic E-state index is 10.7. The Bertz CT molecular complexity index is 584. The van der Waals surface area contributed by atoms with Crippen molar-refractivity contribution in [2.24, 2.45) is 0 Å². The summed E-state index contributed by atoms with van der Waals surface area (Å²) in [5.41, 5.74) is 1.43. The molecule has 1 atom stereocenters. The minimum atomic E-state index is -0.801. The summed E-state index contributed by atoms with van der Waals surface area (Å²) < 4.78 is 11.8. The minimum Gasteiger partial charge on any atom is -0.496 e. The Hall–Kier alpha value is -1.52. The van der Waals surface area contributed by atoms with Gasteiger partial charge in [0.15, 0.2) is 0 Å². The minimum absolute atomic E-state index is 0.549. The van der Waals surface area contributed by atoms with Crippen LogP contribution in [0.2, 0.25) is 0 Å². The van der Waals surface area contributed by atoms with Crippen LogP contribution in [0.25, 0.3) is 0 Å². The van der Waals surface area contributed by atoms with Gasteiger partial charge >= 0.3 is 0 Å². The van der Waals surface area contributed by atoms with Crippen LogP contribution in [0.15, 0.2) is 46.9 Å². The monoisotopic (exact) mass is 336 g/mol. The molecule has 2 rings (SSSR count).